The monoisotopic (exact) mass is 383 g/mol. The van der Waals surface area contributed by atoms with Crippen molar-refractivity contribution in [2.75, 3.05) is 26.8 Å². The number of likely N-dealkylation sites (tertiary alicyclic amines) is 1. The van der Waals surface area contributed by atoms with Gasteiger partial charge in [-0.1, -0.05) is 17.7 Å². The molecule has 140 valence electrons. The van der Waals surface area contributed by atoms with Crippen LogP contribution < -0.4 is 0 Å². The summed E-state index contributed by atoms with van der Waals surface area (Å²) in [7, 11) is 1.34. The van der Waals surface area contributed by atoms with Gasteiger partial charge < -0.3 is 14.4 Å². The van der Waals surface area contributed by atoms with Gasteiger partial charge in [0.2, 0.25) is 0 Å². The molecule has 1 heterocycles. The molecule has 26 heavy (non-hydrogen) atoms. The molecule has 0 aromatic heterocycles. The first kappa shape index (κ1) is 19.9. The Labute approximate surface area is 155 Å². The number of hydrogen-bond donors (Lipinski definition) is 0. The van der Waals surface area contributed by atoms with E-state index in [1.54, 1.807) is 4.90 Å². The van der Waals surface area contributed by atoms with Crippen LogP contribution in [0, 0.1) is 11.7 Å². The van der Waals surface area contributed by atoms with Gasteiger partial charge in [0.1, 0.15) is 5.82 Å². The minimum atomic E-state index is -0.691. The molecule has 0 spiro atoms. The van der Waals surface area contributed by atoms with Gasteiger partial charge in [0.05, 0.1) is 18.1 Å². The molecule has 0 atom stereocenters. The Morgan fingerprint density at radius 1 is 1.31 bits per heavy atom. The third-order valence-corrected chi connectivity index (χ3v) is 4.37. The van der Waals surface area contributed by atoms with Crippen LogP contribution in [0.3, 0.4) is 0 Å². The zero-order valence-electron chi connectivity index (χ0n) is 14.2. The average molecular weight is 384 g/mol. The van der Waals surface area contributed by atoms with Crippen LogP contribution in [0.5, 0.6) is 0 Å². The lowest BCUT2D eigenvalue weighted by Crippen LogP contribution is -2.42. The fourth-order valence-corrected chi connectivity index (χ4v) is 2.77. The number of esters is 2. The number of carbonyl (C=O) groups excluding carboxylic acids is 3. The van der Waals surface area contributed by atoms with Crippen molar-refractivity contribution in [3.8, 4) is 0 Å². The van der Waals surface area contributed by atoms with Crippen LogP contribution in [0.1, 0.15) is 18.4 Å². The lowest BCUT2D eigenvalue weighted by molar-refractivity contribution is -0.151. The average Bonchev–Trinajstić information content (AvgIpc) is 2.66. The zero-order chi connectivity index (χ0) is 19.1. The van der Waals surface area contributed by atoms with Crippen molar-refractivity contribution in [2.45, 2.75) is 12.8 Å². The number of ether oxygens (including phenoxy) is 2. The molecule has 0 aliphatic carbocycles. The van der Waals surface area contributed by atoms with Crippen molar-refractivity contribution in [1.82, 2.24) is 4.90 Å². The maximum atomic E-state index is 13.1. The maximum absolute atomic E-state index is 13.1. The van der Waals surface area contributed by atoms with Crippen molar-refractivity contribution in [3.63, 3.8) is 0 Å². The van der Waals surface area contributed by atoms with Crippen LogP contribution in [0.15, 0.2) is 24.3 Å². The van der Waals surface area contributed by atoms with Crippen LogP contribution in [0.2, 0.25) is 5.02 Å². The van der Waals surface area contributed by atoms with Crippen molar-refractivity contribution >= 4 is 35.5 Å². The summed E-state index contributed by atoms with van der Waals surface area (Å²) in [5.74, 6) is -2.03. The topological polar surface area (TPSA) is 72.9 Å². The van der Waals surface area contributed by atoms with Gasteiger partial charge in [-0.3, -0.25) is 9.59 Å². The second kappa shape index (κ2) is 9.33. The summed E-state index contributed by atoms with van der Waals surface area (Å²) in [5, 5.41) is -0.0500. The molecule has 1 aromatic rings. The summed E-state index contributed by atoms with van der Waals surface area (Å²) < 4.78 is 22.7. The normalized spacial score (nSPS) is 15.1. The number of halogens is 2. The first-order chi connectivity index (χ1) is 12.4. The number of nitrogens with zero attached hydrogens (tertiary/aromatic N) is 1. The van der Waals surface area contributed by atoms with Gasteiger partial charge in [-0.25, -0.2) is 9.18 Å². The highest BCUT2D eigenvalue weighted by atomic mass is 35.5. The number of benzene rings is 1. The Morgan fingerprint density at radius 2 is 2.00 bits per heavy atom. The van der Waals surface area contributed by atoms with Gasteiger partial charge in [0, 0.05) is 19.2 Å². The lowest BCUT2D eigenvalue weighted by Gasteiger charge is -2.30. The van der Waals surface area contributed by atoms with E-state index in [1.165, 1.54) is 31.4 Å². The van der Waals surface area contributed by atoms with Crippen LogP contribution >= 0.6 is 11.6 Å². The summed E-state index contributed by atoms with van der Waals surface area (Å²) in [4.78, 5) is 36.7. The van der Waals surface area contributed by atoms with E-state index >= 15 is 0 Å². The van der Waals surface area contributed by atoms with Gasteiger partial charge in [0.25, 0.3) is 5.91 Å². The van der Waals surface area contributed by atoms with E-state index < -0.39 is 11.8 Å². The standard InChI is InChI=1S/C18H19ClFNO5/c1-25-18(24)13-6-8-21(9-7-13)16(22)11-26-17(23)5-3-12-2-4-15(20)14(19)10-12/h2-5,10,13H,6-9,11H2,1H3/b5-3+. The Kier molecular flexibility index (Phi) is 7.15. The van der Waals surface area contributed by atoms with Crippen LogP contribution in [0.4, 0.5) is 4.39 Å². The molecule has 0 saturated carbocycles. The molecule has 1 fully saturated rings. The molecular formula is C18H19ClFNO5. The van der Waals surface area contributed by atoms with Crippen molar-refractivity contribution < 1.29 is 28.2 Å². The second-order valence-corrected chi connectivity index (χ2v) is 6.20. The molecule has 6 nitrogen and oxygen atoms in total. The molecular weight excluding hydrogens is 365 g/mol. The number of hydrogen-bond acceptors (Lipinski definition) is 5. The zero-order valence-corrected chi connectivity index (χ0v) is 15.0. The maximum Gasteiger partial charge on any atom is 0.331 e. The van der Waals surface area contributed by atoms with Crippen molar-refractivity contribution in [3.05, 3.63) is 40.7 Å². The molecule has 0 N–H and O–H groups in total. The van der Waals surface area contributed by atoms with Crippen LogP contribution in [-0.4, -0.2) is 49.6 Å². The number of carbonyl (C=O) groups is 3. The van der Waals surface area contributed by atoms with E-state index in [4.69, 9.17) is 21.1 Å². The number of amides is 1. The smallest absolute Gasteiger partial charge is 0.331 e. The Balaban J connectivity index is 1.76. The van der Waals surface area contributed by atoms with Crippen molar-refractivity contribution in [1.29, 1.82) is 0 Å². The van der Waals surface area contributed by atoms with E-state index in [1.807, 2.05) is 0 Å². The largest absolute Gasteiger partial charge is 0.469 e. The molecule has 2 rings (SSSR count). The number of rotatable bonds is 5. The van der Waals surface area contributed by atoms with E-state index in [0.717, 1.165) is 6.08 Å². The summed E-state index contributed by atoms with van der Waals surface area (Å²) in [6.45, 7) is 0.455. The first-order valence-corrected chi connectivity index (χ1v) is 8.44. The fraction of sp³-hybridized carbons (Fsp3) is 0.389. The number of methoxy groups -OCH3 is 1. The second-order valence-electron chi connectivity index (χ2n) is 5.79. The highest BCUT2D eigenvalue weighted by Crippen LogP contribution is 2.19. The molecule has 8 heteroatoms. The SMILES string of the molecule is COC(=O)C1CCN(C(=O)COC(=O)/C=C/c2ccc(F)c(Cl)c2)CC1. The summed E-state index contributed by atoms with van der Waals surface area (Å²) >= 11 is 5.65. The van der Waals surface area contributed by atoms with E-state index in [2.05, 4.69) is 0 Å². The lowest BCUT2D eigenvalue weighted by atomic mass is 9.97. The predicted molar refractivity (Wildman–Crippen MR) is 92.7 cm³/mol. The third kappa shape index (κ3) is 5.56. The van der Waals surface area contributed by atoms with Gasteiger partial charge in [-0.2, -0.15) is 0 Å². The summed E-state index contributed by atoms with van der Waals surface area (Å²) in [6.07, 6.45) is 3.61. The number of piperidine rings is 1. The predicted octanol–water partition coefficient (Wildman–Crippen LogP) is 2.45. The minimum Gasteiger partial charge on any atom is -0.469 e. The van der Waals surface area contributed by atoms with Gasteiger partial charge in [-0.15, -0.1) is 0 Å². The quantitative estimate of drug-likeness (QED) is 0.577. The molecule has 1 saturated heterocycles. The Morgan fingerprint density at radius 3 is 2.62 bits per heavy atom. The van der Waals surface area contributed by atoms with Gasteiger partial charge >= 0.3 is 11.9 Å². The highest BCUT2D eigenvalue weighted by Gasteiger charge is 2.28. The molecule has 1 aromatic carbocycles. The van der Waals surface area contributed by atoms with Crippen molar-refractivity contribution in [2.24, 2.45) is 5.92 Å². The van der Waals surface area contributed by atoms with E-state index in [-0.39, 0.29) is 29.4 Å². The molecule has 0 radical (unpaired) electrons. The minimum absolute atomic E-state index is 0.0500. The third-order valence-electron chi connectivity index (χ3n) is 4.08. The molecule has 0 unspecified atom stereocenters. The summed E-state index contributed by atoms with van der Waals surface area (Å²) in [5.41, 5.74) is 0.532. The van der Waals surface area contributed by atoms with Crippen LogP contribution in [0.25, 0.3) is 6.08 Å². The molecule has 1 aliphatic rings. The molecule has 0 bridgehead atoms. The van der Waals surface area contributed by atoms with Gasteiger partial charge in [0.15, 0.2) is 6.61 Å². The first-order valence-electron chi connectivity index (χ1n) is 8.06. The molecule has 1 amide bonds. The Hall–Kier alpha value is -2.41. The van der Waals surface area contributed by atoms with E-state index in [9.17, 15) is 18.8 Å². The fourth-order valence-electron chi connectivity index (χ4n) is 2.58. The molecule has 1 aliphatic heterocycles. The Bertz CT molecular complexity index is 714. The highest BCUT2D eigenvalue weighted by molar-refractivity contribution is 6.30. The van der Waals surface area contributed by atoms with E-state index in [0.29, 0.717) is 31.5 Å². The van der Waals surface area contributed by atoms with Gasteiger partial charge in [-0.05, 0) is 36.6 Å². The van der Waals surface area contributed by atoms with Crippen LogP contribution in [-0.2, 0) is 23.9 Å². The summed E-state index contributed by atoms with van der Waals surface area (Å²) in [6, 6.07) is 4.02.